The van der Waals surface area contributed by atoms with Crippen LogP contribution in [0.3, 0.4) is 0 Å². The van der Waals surface area contributed by atoms with Crippen LogP contribution in [0.2, 0.25) is 9.36 Å². The lowest BCUT2D eigenvalue weighted by Gasteiger charge is -2.18. The van der Waals surface area contributed by atoms with Crippen molar-refractivity contribution in [1.82, 2.24) is 4.72 Å². The number of hydrogen-bond acceptors (Lipinski definition) is 4. The van der Waals surface area contributed by atoms with Crippen molar-refractivity contribution < 1.29 is 17.6 Å². The third-order valence-corrected chi connectivity index (χ3v) is 8.67. The summed E-state index contributed by atoms with van der Waals surface area (Å²) in [6, 6.07) is 17.0. The molecule has 0 aliphatic carbocycles. The number of nitrogens with zero attached hydrogens (tertiary/aromatic N) is 1. The molecule has 5 rings (SSSR count). The Hall–Kier alpha value is -2.49. The maximum atomic E-state index is 14.9. The van der Waals surface area contributed by atoms with Gasteiger partial charge in [-0.2, -0.15) is 4.72 Å². The van der Waals surface area contributed by atoms with Gasteiger partial charge in [0.2, 0.25) is 15.9 Å². The van der Waals surface area contributed by atoms with E-state index in [2.05, 4.69) is 4.72 Å². The first kappa shape index (κ1) is 23.3. The number of halogens is 3. The Bertz CT molecular complexity index is 1540. The zero-order valence-electron chi connectivity index (χ0n) is 17.5. The predicted octanol–water partition coefficient (Wildman–Crippen LogP) is 6.10. The Morgan fingerprint density at radius 1 is 0.971 bits per heavy atom. The van der Waals surface area contributed by atoms with Gasteiger partial charge in [0.1, 0.15) is 11.9 Å². The number of thiophene rings is 1. The van der Waals surface area contributed by atoms with Gasteiger partial charge >= 0.3 is 0 Å². The van der Waals surface area contributed by atoms with Gasteiger partial charge < -0.3 is 4.90 Å². The van der Waals surface area contributed by atoms with Gasteiger partial charge in [-0.05, 0) is 71.3 Å². The van der Waals surface area contributed by atoms with Crippen molar-refractivity contribution in [3.8, 4) is 10.4 Å². The van der Waals surface area contributed by atoms with E-state index >= 15 is 0 Å². The van der Waals surface area contributed by atoms with Gasteiger partial charge in [-0.3, -0.25) is 4.79 Å². The zero-order chi connectivity index (χ0) is 24.0. The van der Waals surface area contributed by atoms with Crippen LogP contribution in [-0.2, 0) is 14.8 Å². The zero-order valence-corrected chi connectivity index (χ0v) is 20.6. The summed E-state index contributed by atoms with van der Waals surface area (Å²) >= 11 is 13.3. The average Bonchev–Trinajstić information content (AvgIpc) is 3.39. The van der Waals surface area contributed by atoms with Crippen molar-refractivity contribution in [2.75, 3.05) is 11.4 Å². The molecule has 5 nitrogen and oxygen atoms in total. The van der Waals surface area contributed by atoms with E-state index in [-0.39, 0.29) is 23.5 Å². The number of benzene rings is 3. The summed E-state index contributed by atoms with van der Waals surface area (Å²) in [5, 5.41) is 2.07. The van der Waals surface area contributed by atoms with Crippen molar-refractivity contribution in [1.29, 1.82) is 0 Å². The minimum Gasteiger partial charge on any atom is -0.308 e. The molecule has 174 valence electrons. The Kier molecular flexibility index (Phi) is 6.12. The van der Waals surface area contributed by atoms with Gasteiger partial charge in [0.25, 0.3) is 0 Å². The summed E-state index contributed by atoms with van der Waals surface area (Å²) in [6.07, 6.45) is 0.225. The number of sulfonamides is 1. The number of carbonyl (C=O) groups is 1. The quantitative estimate of drug-likeness (QED) is 0.336. The number of rotatable bonds is 5. The first-order valence-electron chi connectivity index (χ1n) is 10.3. The van der Waals surface area contributed by atoms with Gasteiger partial charge in [0.15, 0.2) is 0 Å². The largest absolute Gasteiger partial charge is 0.308 e. The highest BCUT2D eigenvalue weighted by Gasteiger charge is 2.36. The molecule has 1 aromatic heterocycles. The van der Waals surface area contributed by atoms with Crippen molar-refractivity contribution >= 4 is 66.9 Å². The lowest BCUT2D eigenvalue weighted by molar-refractivity contribution is -0.118. The van der Waals surface area contributed by atoms with E-state index in [1.54, 1.807) is 42.5 Å². The van der Waals surface area contributed by atoms with Gasteiger partial charge in [-0.1, -0.05) is 41.4 Å². The summed E-state index contributed by atoms with van der Waals surface area (Å²) in [5.74, 6) is -1.06. The van der Waals surface area contributed by atoms with Gasteiger partial charge in [0.05, 0.1) is 14.9 Å². The lowest BCUT2D eigenvalue weighted by atomic mass is 10.1. The molecule has 1 amide bonds. The van der Waals surface area contributed by atoms with Crippen molar-refractivity contribution in [3.05, 3.63) is 81.9 Å². The molecule has 0 spiro atoms. The third-order valence-electron chi connectivity index (χ3n) is 5.68. The van der Waals surface area contributed by atoms with Gasteiger partial charge in [-0.15, -0.1) is 11.3 Å². The van der Waals surface area contributed by atoms with Crippen LogP contribution in [-0.4, -0.2) is 26.9 Å². The second-order valence-corrected chi connectivity index (χ2v) is 11.7. The maximum Gasteiger partial charge on any atom is 0.245 e. The standard InChI is InChI=1S/C24H17Cl2FN2O3S2/c25-17-4-1-15-12-18(5-2-14(15)11-17)34(31,32)28-20-9-10-29(24(20)30)21-6-3-16(13-19(21)27)22-7-8-23(26)33-22/h1-8,11-13,20,28H,9-10H2. The second-order valence-electron chi connectivity index (χ2n) is 7.88. The average molecular weight is 535 g/mol. The molecule has 10 heteroatoms. The normalized spacial score (nSPS) is 16.5. The summed E-state index contributed by atoms with van der Waals surface area (Å²) < 4.78 is 43.9. The van der Waals surface area contributed by atoms with E-state index in [0.29, 0.717) is 20.3 Å². The molecule has 1 aliphatic rings. The molecule has 4 aromatic rings. The van der Waals surface area contributed by atoms with E-state index in [1.165, 1.54) is 40.5 Å². The van der Waals surface area contributed by atoms with Crippen LogP contribution >= 0.6 is 34.5 Å². The molecule has 2 heterocycles. The van der Waals surface area contributed by atoms with Gasteiger partial charge in [-0.25, -0.2) is 12.8 Å². The minimum atomic E-state index is -3.97. The Morgan fingerprint density at radius 2 is 1.74 bits per heavy atom. The van der Waals surface area contributed by atoms with Gasteiger partial charge in [0, 0.05) is 16.4 Å². The highest BCUT2D eigenvalue weighted by Crippen LogP contribution is 2.34. The van der Waals surface area contributed by atoms with E-state index in [4.69, 9.17) is 23.2 Å². The lowest BCUT2D eigenvalue weighted by Crippen LogP contribution is -2.41. The summed E-state index contributed by atoms with van der Waals surface area (Å²) in [5.41, 5.74) is 0.764. The molecular formula is C24H17Cl2FN2O3S2. The first-order chi connectivity index (χ1) is 16.2. The molecule has 0 saturated carbocycles. The smallest absolute Gasteiger partial charge is 0.245 e. The molecule has 1 saturated heterocycles. The number of nitrogens with one attached hydrogen (secondary N) is 1. The van der Waals surface area contributed by atoms with E-state index in [9.17, 15) is 17.6 Å². The molecular weight excluding hydrogens is 518 g/mol. The van der Waals surface area contributed by atoms with Crippen molar-refractivity contribution in [3.63, 3.8) is 0 Å². The summed E-state index contributed by atoms with van der Waals surface area (Å²) in [4.78, 5) is 15.1. The summed E-state index contributed by atoms with van der Waals surface area (Å²) in [7, 11) is -3.97. The fraction of sp³-hybridized carbons (Fsp3) is 0.125. The number of amides is 1. The van der Waals surface area contributed by atoms with Crippen LogP contribution in [0.25, 0.3) is 21.2 Å². The van der Waals surface area contributed by atoms with Crippen LogP contribution in [0, 0.1) is 5.82 Å². The number of fused-ring (bicyclic) bond motifs is 1. The first-order valence-corrected chi connectivity index (χ1v) is 13.4. The fourth-order valence-corrected chi connectivity index (χ4v) is 6.47. The molecule has 0 radical (unpaired) electrons. The van der Waals surface area contributed by atoms with Crippen LogP contribution < -0.4 is 9.62 Å². The predicted molar refractivity (Wildman–Crippen MR) is 135 cm³/mol. The number of carbonyl (C=O) groups excluding carboxylic acids is 1. The molecule has 1 fully saturated rings. The fourth-order valence-electron chi connectivity index (χ4n) is 3.99. The Morgan fingerprint density at radius 3 is 2.47 bits per heavy atom. The van der Waals surface area contributed by atoms with Crippen LogP contribution in [0.4, 0.5) is 10.1 Å². The van der Waals surface area contributed by atoms with Crippen molar-refractivity contribution in [2.24, 2.45) is 0 Å². The van der Waals surface area contributed by atoms with Crippen LogP contribution in [0.5, 0.6) is 0 Å². The number of hydrogen-bond donors (Lipinski definition) is 1. The monoisotopic (exact) mass is 534 g/mol. The Labute approximate surface area is 209 Å². The highest BCUT2D eigenvalue weighted by molar-refractivity contribution is 7.89. The molecule has 34 heavy (non-hydrogen) atoms. The molecule has 1 atom stereocenters. The minimum absolute atomic E-state index is 0.0405. The van der Waals surface area contributed by atoms with Crippen molar-refractivity contribution in [2.45, 2.75) is 17.4 Å². The van der Waals surface area contributed by atoms with Crippen LogP contribution in [0.15, 0.2) is 71.6 Å². The highest BCUT2D eigenvalue weighted by atomic mass is 35.5. The molecule has 1 aliphatic heterocycles. The molecule has 1 N–H and O–H groups in total. The topological polar surface area (TPSA) is 66.5 Å². The summed E-state index contributed by atoms with van der Waals surface area (Å²) in [6.45, 7) is 0.198. The molecule has 1 unspecified atom stereocenters. The number of anilines is 1. The van der Waals surface area contributed by atoms with E-state index < -0.39 is 27.8 Å². The third kappa shape index (κ3) is 4.44. The molecule has 0 bridgehead atoms. The maximum absolute atomic E-state index is 14.9. The SMILES string of the molecule is O=C1C(NS(=O)(=O)c2ccc3cc(Cl)ccc3c2)CCN1c1ccc(-c2ccc(Cl)s2)cc1F. The second kappa shape index (κ2) is 8.94. The van der Waals surface area contributed by atoms with Crippen LogP contribution in [0.1, 0.15) is 6.42 Å². The van der Waals surface area contributed by atoms with E-state index in [0.717, 1.165) is 10.3 Å². The van der Waals surface area contributed by atoms with E-state index in [1.807, 2.05) is 0 Å². The molecule has 3 aromatic carbocycles. The Balaban J connectivity index is 1.35.